The molecule has 9 heteroatoms. The van der Waals surface area contributed by atoms with Crippen LogP contribution in [0.2, 0.25) is 0 Å². The second-order valence-corrected chi connectivity index (χ2v) is 7.72. The van der Waals surface area contributed by atoms with Gasteiger partial charge in [-0.25, -0.2) is 9.87 Å². The van der Waals surface area contributed by atoms with Crippen molar-refractivity contribution in [1.82, 2.24) is 15.4 Å². The Balaban J connectivity index is 1.74. The van der Waals surface area contributed by atoms with E-state index in [-0.39, 0.29) is 12.3 Å². The quantitative estimate of drug-likeness (QED) is 0.440. The minimum Gasteiger partial charge on any atom is -0.330 e. The van der Waals surface area contributed by atoms with E-state index in [2.05, 4.69) is 10.3 Å². The van der Waals surface area contributed by atoms with Crippen molar-refractivity contribution in [3.8, 4) is 0 Å². The number of rotatable bonds is 8. The van der Waals surface area contributed by atoms with E-state index in [1.54, 1.807) is 12.3 Å². The predicted molar refractivity (Wildman–Crippen MR) is 113 cm³/mol. The summed E-state index contributed by atoms with van der Waals surface area (Å²) in [7, 11) is 0. The number of pyridine rings is 1. The van der Waals surface area contributed by atoms with Gasteiger partial charge in [0.25, 0.3) is 5.91 Å². The van der Waals surface area contributed by atoms with E-state index < -0.39 is 29.9 Å². The van der Waals surface area contributed by atoms with E-state index in [0.717, 1.165) is 17.3 Å². The largest absolute Gasteiger partial charge is 0.330 e. The number of carbonyl (C=O) groups excluding carboxylic acids is 3. The molecule has 3 amide bonds. The summed E-state index contributed by atoms with van der Waals surface area (Å²) in [5, 5.41) is 12.4. The second kappa shape index (κ2) is 10.3. The zero-order valence-corrected chi connectivity index (χ0v) is 17.4. The zero-order valence-electron chi connectivity index (χ0n) is 17.4. The normalized spacial score (nSPS) is 17.9. The van der Waals surface area contributed by atoms with Crippen LogP contribution in [-0.2, 0) is 14.4 Å². The number of benzene rings is 1. The molecule has 2 aromatic rings. The predicted octanol–water partition coefficient (Wildman–Crippen LogP) is 2.81. The van der Waals surface area contributed by atoms with Gasteiger partial charge in [0.1, 0.15) is 6.04 Å². The van der Waals surface area contributed by atoms with Gasteiger partial charge in [-0.05, 0) is 31.4 Å². The molecule has 3 rings (SSSR count). The van der Waals surface area contributed by atoms with Crippen molar-refractivity contribution >= 4 is 34.3 Å². The minimum absolute atomic E-state index is 0.156. The Hall–Kier alpha value is -3.07. The summed E-state index contributed by atoms with van der Waals surface area (Å²) in [6.07, 6.45) is 1.83. The van der Waals surface area contributed by atoms with Crippen molar-refractivity contribution in [2.75, 3.05) is 11.9 Å². The molecule has 1 aliphatic rings. The van der Waals surface area contributed by atoms with E-state index in [4.69, 9.17) is 5.21 Å². The Morgan fingerprint density at radius 3 is 2.84 bits per heavy atom. The molecule has 0 bridgehead atoms. The Bertz CT molecular complexity index is 954. The summed E-state index contributed by atoms with van der Waals surface area (Å²) in [5.41, 5.74) is 2.58. The SMILES string of the molecule is CCCC[C@@H](C(=O)N1CCCC1C(=O)Nc1cnc2ccccc2c1)[C@@H](F)C(=O)NO. The lowest BCUT2D eigenvalue weighted by molar-refractivity contribution is -0.148. The Morgan fingerprint density at radius 1 is 1.32 bits per heavy atom. The van der Waals surface area contributed by atoms with E-state index >= 15 is 0 Å². The molecule has 31 heavy (non-hydrogen) atoms. The molecule has 0 aliphatic carbocycles. The van der Waals surface area contributed by atoms with Gasteiger partial charge in [-0.2, -0.15) is 0 Å². The van der Waals surface area contributed by atoms with Crippen LogP contribution in [0.4, 0.5) is 10.1 Å². The summed E-state index contributed by atoms with van der Waals surface area (Å²) in [6.45, 7) is 2.20. The number of nitrogens with zero attached hydrogens (tertiary/aromatic N) is 2. The third-order valence-electron chi connectivity index (χ3n) is 5.60. The second-order valence-electron chi connectivity index (χ2n) is 7.72. The molecule has 1 aliphatic heterocycles. The maximum Gasteiger partial charge on any atom is 0.278 e. The highest BCUT2D eigenvalue weighted by atomic mass is 19.1. The van der Waals surface area contributed by atoms with Crippen LogP contribution < -0.4 is 10.8 Å². The van der Waals surface area contributed by atoms with Crippen molar-refractivity contribution in [1.29, 1.82) is 0 Å². The van der Waals surface area contributed by atoms with Crippen LogP contribution in [0.3, 0.4) is 0 Å². The molecular formula is C22H27FN4O4. The lowest BCUT2D eigenvalue weighted by Crippen LogP contribution is -2.49. The first-order valence-electron chi connectivity index (χ1n) is 10.5. The van der Waals surface area contributed by atoms with E-state index in [0.29, 0.717) is 31.5 Å². The standard InChI is InChI=1S/C22H27FN4O4/c1-2-3-8-16(19(23)21(29)26-31)22(30)27-11-6-10-18(27)20(28)25-15-12-14-7-4-5-9-17(14)24-13-15/h4-5,7,9,12-13,16,18-19,31H,2-3,6,8,10-11H2,1H3,(H,25,28)(H,26,29)/t16-,18?,19-/m1/s1. The van der Waals surface area contributed by atoms with Crippen LogP contribution in [0.15, 0.2) is 36.5 Å². The van der Waals surface area contributed by atoms with Gasteiger partial charge in [-0.1, -0.05) is 38.0 Å². The van der Waals surface area contributed by atoms with Crippen LogP contribution >= 0.6 is 0 Å². The fourth-order valence-corrected chi connectivity index (χ4v) is 3.94. The summed E-state index contributed by atoms with van der Waals surface area (Å²) in [5.74, 6) is -3.46. The molecule has 3 atom stereocenters. The molecular weight excluding hydrogens is 403 g/mol. The lowest BCUT2D eigenvalue weighted by atomic mass is 9.94. The minimum atomic E-state index is -2.18. The molecule has 1 aromatic heterocycles. The number of halogens is 1. The molecule has 0 spiro atoms. The van der Waals surface area contributed by atoms with Crippen molar-refractivity contribution in [2.24, 2.45) is 5.92 Å². The number of hydrogen-bond donors (Lipinski definition) is 3. The van der Waals surface area contributed by atoms with Crippen LogP contribution in [0.25, 0.3) is 10.9 Å². The monoisotopic (exact) mass is 430 g/mol. The summed E-state index contributed by atoms with van der Waals surface area (Å²) >= 11 is 0. The van der Waals surface area contributed by atoms with Crippen LogP contribution in [-0.4, -0.2) is 51.6 Å². The molecule has 1 aromatic carbocycles. The number of hydrogen-bond acceptors (Lipinski definition) is 5. The average Bonchev–Trinajstić information content (AvgIpc) is 3.28. The Kier molecular flexibility index (Phi) is 7.51. The number of fused-ring (bicyclic) bond motifs is 1. The number of para-hydroxylation sites is 1. The molecule has 0 radical (unpaired) electrons. The number of hydroxylamine groups is 1. The van der Waals surface area contributed by atoms with Gasteiger partial charge in [0.2, 0.25) is 11.8 Å². The number of nitrogens with one attached hydrogen (secondary N) is 2. The fraction of sp³-hybridized carbons (Fsp3) is 0.455. The van der Waals surface area contributed by atoms with Crippen LogP contribution in [0, 0.1) is 5.92 Å². The van der Waals surface area contributed by atoms with Gasteiger partial charge in [0.15, 0.2) is 6.17 Å². The highest BCUT2D eigenvalue weighted by molar-refractivity contribution is 5.99. The molecule has 1 saturated heterocycles. The van der Waals surface area contributed by atoms with Crippen molar-refractivity contribution in [3.63, 3.8) is 0 Å². The molecule has 3 N–H and O–H groups in total. The molecule has 1 unspecified atom stereocenters. The van der Waals surface area contributed by atoms with E-state index in [1.807, 2.05) is 31.2 Å². The van der Waals surface area contributed by atoms with Gasteiger partial charge in [0.05, 0.1) is 23.3 Å². The number of carbonyl (C=O) groups is 3. The highest BCUT2D eigenvalue weighted by Gasteiger charge is 2.41. The first-order valence-corrected chi connectivity index (χ1v) is 10.5. The summed E-state index contributed by atoms with van der Waals surface area (Å²) < 4.78 is 14.6. The molecule has 2 heterocycles. The highest BCUT2D eigenvalue weighted by Crippen LogP contribution is 2.26. The molecule has 0 saturated carbocycles. The maximum absolute atomic E-state index is 14.6. The maximum atomic E-state index is 14.6. The molecule has 8 nitrogen and oxygen atoms in total. The third kappa shape index (κ3) is 5.16. The van der Waals surface area contributed by atoms with Crippen LogP contribution in [0.5, 0.6) is 0 Å². The van der Waals surface area contributed by atoms with Crippen LogP contribution in [0.1, 0.15) is 39.0 Å². The third-order valence-corrected chi connectivity index (χ3v) is 5.60. The number of aromatic nitrogens is 1. The summed E-state index contributed by atoms with van der Waals surface area (Å²) in [4.78, 5) is 43.3. The first kappa shape index (κ1) is 22.6. The summed E-state index contributed by atoms with van der Waals surface area (Å²) in [6, 6.07) is 8.54. The fourth-order valence-electron chi connectivity index (χ4n) is 3.94. The Labute approximate surface area is 179 Å². The number of amides is 3. The number of anilines is 1. The van der Waals surface area contributed by atoms with Gasteiger partial charge in [-0.15, -0.1) is 0 Å². The Morgan fingerprint density at radius 2 is 2.10 bits per heavy atom. The average molecular weight is 430 g/mol. The first-order chi connectivity index (χ1) is 15.0. The topological polar surface area (TPSA) is 112 Å². The number of likely N-dealkylation sites (tertiary alicyclic amines) is 1. The smallest absolute Gasteiger partial charge is 0.278 e. The van der Waals surface area contributed by atoms with Gasteiger partial charge in [-0.3, -0.25) is 24.6 Å². The van der Waals surface area contributed by atoms with E-state index in [9.17, 15) is 18.8 Å². The van der Waals surface area contributed by atoms with Crippen molar-refractivity contribution in [3.05, 3.63) is 36.5 Å². The van der Waals surface area contributed by atoms with Gasteiger partial charge >= 0.3 is 0 Å². The molecule has 1 fully saturated rings. The number of unbranched alkanes of at least 4 members (excludes halogenated alkanes) is 1. The number of alkyl halides is 1. The van der Waals surface area contributed by atoms with Gasteiger partial charge < -0.3 is 10.2 Å². The van der Waals surface area contributed by atoms with Crippen molar-refractivity contribution in [2.45, 2.75) is 51.2 Å². The van der Waals surface area contributed by atoms with Gasteiger partial charge in [0, 0.05) is 11.9 Å². The zero-order chi connectivity index (χ0) is 22.4. The lowest BCUT2D eigenvalue weighted by Gasteiger charge is -2.29. The molecule has 166 valence electrons. The van der Waals surface area contributed by atoms with E-state index in [1.165, 1.54) is 10.4 Å². The van der Waals surface area contributed by atoms with Crippen molar-refractivity contribution < 1.29 is 24.0 Å².